The monoisotopic (exact) mass is 1160 g/mol. The van der Waals surface area contributed by atoms with Crippen LogP contribution in [0.15, 0.2) is 19.3 Å². The van der Waals surface area contributed by atoms with Gasteiger partial charge in [0.1, 0.15) is 11.4 Å². The van der Waals surface area contributed by atoms with E-state index in [0.29, 0.717) is 5.89 Å². The molecule has 0 saturated carbocycles. The van der Waals surface area contributed by atoms with Crippen molar-refractivity contribution >= 4 is 180 Å². The summed E-state index contributed by atoms with van der Waals surface area (Å²) in [5, 5.41) is 44.7. The van der Waals surface area contributed by atoms with Gasteiger partial charge in [0, 0.05) is 55.7 Å². The van der Waals surface area contributed by atoms with E-state index in [4.69, 9.17) is 102 Å². The number of carbonyl (C=O) groups excluding carboxylic acids is 8. The molecule has 72 heavy (non-hydrogen) atoms. The number of hydrogen-bond acceptors (Lipinski definition) is 26. The molecule has 0 saturated heterocycles. The van der Waals surface area contributed by atoms with Crippen LogP contribution in [-0.4, -0.2) is 189 Å². The van der Waals surface area contributed by atoms with Crippen LogP contribution in [0.5, 0.6) is 0 Å². The van der Waals surface area contributed by atoms with Crippen LogP contribution < -0.4 is 75.8 Å². The Morgan fingerprint density at radius 1 is 0.806 bits per heavy atom. The molecule has 0 fully saturated rings. The molecule has 0 aromatic carbocycles. The number of methoxy groups -OCH3 is 4. The van der Waals surface area contributed by atoms with Gasteiger partial charge in [0.2, 0.25) is 20.8 Å². The van der Waals surface area contributed by atoms with Crippen LogP contribution in [0, 0.1) is 24.0 Å². The van der Waals surface area contributed by atoms with E-state index in [0.717, 1.165) is 26.5 Å². The van der Waals surface area contributed by atoms with Gasteiger partial charge < -0.3 is 83.6 Å². The maximum Gasteiger partial charge on any atom is 1.00 e. The van der Waals surface area contributed by atoms with E-state index in [1.54, 1.807) is 13.8 Å². The van der Waals surface area contributed by atoms with Crippen LogP contribution in [0.3, 0.4) is 0 Å². The first kappa shape index (κ1) is 94.3. The molecular weight excluding hydrogens is 1120 g/mol. The largest absolute Gasteiger partial charge is 1.00 e. The molecule has 0 aliphatic carbocycles. The third-order valence-corrected chi connectivity index (χ3v) is 4.43. The maximum absolute atomic E-state index is 10.8. The molecular formula is C30H39B5Cl5N5Na2O24S. The van der Waals surface area contributed by atoms with Crippen molar-refractivity contribution in [3.8, 4) is 0 Å². The van der Waals surface area contributed by atoms with Gasteiger partial charge in [-0.15, -0.1) is 5.34 Å². The minimum Gasteiger partial charge on any atom is -0.870 e. The smallest absolute Gasteiger partial charge is 0.870 e. The number of nitrogens with zero attached hydrogens (tertiary/aromatic N) is 4. The number of nitrogens with one attached hydrogen (secondary N) is 1. The van der Waals surface area contributed by atoms with Gasteiger partial charge in [-0.1, -0.05) is 40.0 Å². The van der Waals surface area contributed by atoms with Gasteiger partial charge in [-0.2, -0.15) is 0 Å². The number of aliphatic carboxylic acids is 1. The molecule has 29 nitrogen and oxygen atoms in total. The molecule has 0 aliphatic heterocycles. The second kappa shape index (κ2) is 61.7. The molecule has 0 spiro atoms. The molecule has 10 radical (unpaired) electrons. The predicted octanol–water partition coefficient (Wildman–Crippen LogP) is -7.47. The number of carboxylic acids is 2. The molecule has 1 unspecified atom stereocenters. The zero-order valence-corrected chi connectivity index (χ0v) is 48.1. The fourth-order valence-electron chi connectivity index (χ4n) is 2.35. The van der Waals surface area contributed by atoms with E-state index < -0.39 is 84.0 Å². The fourth-order valence-corrected chi connectivity index (χ4v) is 2.35. The number of carbonyl (C=O) groups is 10. The number of amides is 1. The third-order valence-electron chi connectivity index (χ3n) is 4.43. The first-order chi connectivity index (χ1) is 31.6. The summed E-state index contributed by atoms with van der Waals surface area (Å²) in [4.78, 5) is 118. The molecule has 42 heteroatoms. The number of hydrogen-bond donors (Lipinski definition) is 5. The van der Waals surface area contributed by atoms with Crippen molar-refractivity contribution in [2.75, 3.05) is 35.0 Å². The number of aromatic nitrogens is 2. The first-order valence-electron chi connectivity index (χ1n) is 16.4. The normalized spacial score (nSPS) is 8.88. The molecule has 1 amide bonds. The number of aromatic carboxylic acids is 1. The van der Waals surface area contributed by atoms with Crippen molar-refractivity contribution in [1.82, 2.24) is 15.3 Å². The summed E-state index contributed by atoms with van der Waals surface area (Å²) in [6.45, 7) is 7.31. The Labute approximate surface area is 486 Å². The Kier molecular flexibility index (Phi) is 80.9. The molecule has 0 aliphatic rings. The van der Waals surface area contributed by atoms with Gasteiger partial charge in [0.15, 0.2) is 72.7 Å². The minimum absolute atomic E-state index is 0. The van der Waals surface area contributed by atoms with Crippen LogP contribution in [-0.2, 0) is 66.5 Å². The number of carboxylic acid groups (broad SMARTS) is 2. The van der Waals surface area contributed by atoms with Gasteiger partial charge in [-0.25, -0.2) is 33.4 Å². The zero-order chi connectivity index (χ0) is 56.7. The number of ether oxygens (including phenoxy) is 4. The Morgan fingerprint density at radius 2 is 1.14 bits per heavy atom. The van der Waals surface area contributed by atoms with E-state index in [1.165, 1.54) is 28.1 Å². The Hall–Kier alpha value is -3.57. The standard InChI is InChI=1S/C6H8BNO4.C6H6BNO3.C5H4BNO3.C4H4BNO4.C4H5BO3.C2H4O2.C2H6O.CHCl3.Cl2OS.HNO2.2Na.H2O/c1-3(9)8-4(5(7)10)6(11)12-2;1-3-8-4(5(7)11-3)6(9)10-2;1-2-7-3(5(8)9)4(6)10-2;1-10-4(8)2(6-9)3(5)7;1-8-4(7)2-3(5)6;1-2(3)4;1-2-3;2-1(3)4;1-4(2)3;2-1-3;;;/h4H,1-2H3,(H,8,9);1-2H3;1H3,(H,8,9);9H,1H3;2H2,1H3;1H3,(H,3,4);3H,2H2,1H3;1H;;(H,2,3);;;1H2/q;;;;;;;;;;2*+1;/p-2/b;;;6-2-;;;;;;;;;. The van der Waals surface area contributed by atoms with E-state index in [9.17, 15) is 43.2 Å². The number of aliphatic hydroxyl groups is 1. The molecule has 2 aromatic heterocycles. The number of aliphatic hydroxyl groups excluding tert-OH is 1. The van der Waals surface area contributed by atoms with Crippen molar-refractivity contribution in [2.24, 2.45) is 10.5 Å². The van der Waals surface area contributed by atoms with Crippen LogP contribution >= 0.6 is 56.2 Å². The molecule has 2 heterocycles. The van der Waals surface area contributed by atoms with Crippen molar-refractivity contribution in [3.63, 3.8) is 0 Å². The summed E-state index contributed by atoms with van der Waals surface area (Å²) >= 11 is 14.4. The van der Waals surface area contributed by atoms with Crippen LogP contribution in [0.4, 0.5) is 0 Å². The summed E-state index contributed by atoms with van der Waals surface area (Å²) in [6.07, 6.45) is -0.337. The maximum atomic E-state index is 10.8. The van der Waals surface area contributed by atoms with Gasteiger partial charge in [-0.05, 0) is 6.92 Å². The first-order valence-corrected chi connectivity index (χ1v) is 20.5. The van der Waals surface area contributed by atoms with Crippen molar-refractivity contribution in [3.05, 3.63) is 33.3 Å². The second-order valence-electron chi connectivity index (χ2n) is 9.61. The molecule has 2 aromatic rings. The van der Waals surface area contributed by atoms with Crippen LogP contribution in [0.1, 0.15) is 60.0 Å². The SMILES string of the molecule is CC(=O)O.CCO.ClC(Cl)Cl.O=N[O-].O=S(Cl)Cl.[B]C(=O)/C(=N/O)C(=O)OC.[B]C(=O)C(NC(C)=O)C(=O)OC.[B]C(=O)CC(=O)OC.[B]c1oc(C)nc1C(=O)O.[B]c1oc(C)nc1C(=O)OC.[Na+].[Na+].[OH-]. The average molecular weight is 1160 g/mol. The van der Waals surface area contributed by atoms with Gasteiger partial charge in [0.25, 0.3) is 5.97 Å². The van der Waals surface area contributed by atoms with Crippen molar-refractivity contribution in [2.45, 2.75) is 51.4 Å². The number of halogens is 5. The molecule has 386 valence electrons. The average Bonchev–Trinajstić information content (AvgIpc) is 3.74. The van der Waals surface area contributed by atoms with E-state index >= 15 is 0 Å². The number of rotatable bonds is 9. The van der Waals surface area contributed by atoms with Crippen LogP contribution in [0.25, 0.3) is 0 Å². The number of esters is 4. The summed E-state index contributed by atoms with van der Waals surface area (Å²) in [5.74, 6) is -5.04. The quantitative estimate of drug-likeness (QED) is 0.0149. The summed E-state index contributed by atoms with van der Waals surface area (Å²) in [7, 11) is 36.4. The van der Waals surface area contributed by atoms with Crippen LogP contribution in [0.2, 0.25) is 0 Å². The predicted molar refractivity (Wildman–Crippen MR) is 250 cm³/mol. The van der Waals surface area contributed by atoms with Gasteiger partial charge >= 0.3 is 89.0 Å². The third kappa shape index (κ3) is 73.0. The topological polar surface area (TPSA) is 465 Å². The number of aryl methyl sites for hydroxylation is 2. The van der Waals surface area contributed by atoms with Gasteiger partial charge in [-0.3, -0.25) is 14.4 Å². The molecule has 2 rings (SSSR count). The molecule has 1 atom stereocenters. The van der Waals surface area contributed by atoms with Gasteiger partial charge in [0.05, 0.1) is 51.9 Å². The summed E-state index contributed by atoms with van der Waals surface area (Å²) < 4.78 is 34.6. The van der Waals surface area contributed by atoms with Crippen molar-refractivity contribution < 1.29 is 165 Å². The number of oxazole rings is 2. The molecule has 6 N–H and O–H groups in total. The summed E-state index contributed by atoms with van der Waals surface area (Å²) in [5.41, 5.74) is -3.91. The van der Waals surface area contributed by atoms with E-state index in [1.807, 2.05) is 5.32 Å². The Bertz CT molecular complexity index is 1940. The fraction of sp³-hybridized carbons (Fsp3) is 0.433. The second-order valence-corrected chi connectivity index (χ2v) is 14.1. The summed E-state index contributed by atoms with van der Waals surface area (Å²) in [6, 6.07) is -1.40. The number of oxime groups is 1. The van der Waals surface area contributed by atoms with E-state index in [2.05, 4.69) is 75.5 Å². The van der Waals surface area contributed by atoms with E-state index in [-0.39, 0.29) is 106 Å². The van der Waals surface area contributed by atoms with Crippen molar-refractivity contribution in [1.29, 1.82) is 0 Å². The molecule has 0 bridgehead atoms. The Morgan fingerprint density at radius 3 is 1.28 bits per heavy atom. The number of alkyl halides is 3. The zero-order valence-electron chi connectivity index (χ0n) is 39.5. The minimum atomic E-state index is -1.67. The Balaban J connectivity index is -0.0000000657.